The van der Waals surface area contributed by atoms with E-state index in [1.165, 1.54) is 0 Å². The maximum absolute atomic E-state index is 10.4. The van der Waals surface area contributed by atoms with Crippen molar-refractivity contribution in [3.63, 3.8) is 0 Å². The van der Waals surface area contributed by atoms with Crippen LogP contribution in [0, 0.1) is 0 Å². The average molecular weight is 224 g/mol. The van der Waals surface area contributed by atoms with Crippen molar-refractivity contribution in [2.24, 2.45) is 0 Å². The Balaban J connectivity index is 2.18. The van der Waals surface area contributed by atoms with Crippen molar-refractivity contribution in [3.8, 4) is 5.75 Å². The number of carboxylic acid groups (broad SMARTS) is 1. The Bertz CT molecular complexity index is 408. The smallest absolute Gasteiger partial charge is 0.409 e. The molecule has 1 heterocycles. The molecule has 1 aromatic rings. The molecule has 6 nitrogen and oxygen atoms in total. The highest BCUT2D eigenvalue weighted by Gasteiger charge is 2.18. The van der Waals surface area contributed by atoms with Gasteiger partial charge in [0.2, 0.25) is 0 Å². The van der Waals surface area contributed by atoms with E-state index >= 15 is 0 Å². The number of amides is 1. The molecule has 0 aliphatic carbocycles. The Hall–Kier alpha value is -1.95. The molecule has 0 spiro atoms. The van der Waals surface area contributed by atoms with Crippen molar-refractivity contribution in [2.45, 2.75) is 6.10 Å². The van der Waals surface area contributed by atoms with Gasteiger partial charge >= 0.3 is 6.09 Å². The molecule has 6 heteroatoms. The number of carbonyl (C=O) groups is 1. The molecule has 16 heavy (non-hydrogen) atoms. The van der Waals surface area contributed by atoms with Crippen LogP contribution >= 0.6 is 0 Å². The molecule has 0 saturated heterocycles. The lowest BCUT2D eigenvalue weighted by Crippen LogP contribution is -2.33. The lowest BCUT2D eigenvalue weighted by atomic mass is 10.2. The first kappa shape index (κ1) is 10.6. The van der Waals surface area contributed by atoms with Crippen LogP contribution in [0.15, 0.2) is 18.2 Å². The van der Waals surface area contributed by atoms with Crippen molar-refractivity contribution < 1.29 is 19.7 Å². The zero-order valence-electron chi connectivity index (χ0n) is 8.43. The minimum Gasteiger partial charge on any atom is -0.484 e. The number of rotatable bonds is 2. The maximum Gasteiger partial charge on any atom is 0.409 e. The van der Waals surface area contributed by atoms with Crippen LogP contribution in [-0.2, 0) is 0 Å². The molecule has 4 N–H and O–H groups in total. The Morgan fingerprint density at radius 1 is 1.62 bits per heavy atom. The fraction of sp³-hybridized carbons (Fsp3) is 0.300. The van der Waals surface area contributed by atoms with Gasteiger partial charge in [-0.15, -0.1) is 0 Å². The van der Waals surface area contributed by atoms with E-state index in [1.807, 2.05) is 0 Å². The van der Waals surface area contributed by atoms with Gasteiger partial charge in [0.25, 0.3) is 0 Å². The first-order chi connectivity index (χ1) is 7.69. The Morgan fingerprint density at radius 3 is 3.12 bits per heavy atom. The molecule has 1 aromatic carbocycles. The predicted molar refractivity (Wildman–Crippen MR) is 58.1 cm³/mol. The second kappa shape index (κ2) is 4.28. The number of ether oxygens (including phenoxy) is 1. The lowest BCUT2D eigenvalue weighted by molar-refractivity contribution is 0.120. The largest absolute Gasteiger partial charge is 0.484 e. The highest BCUT2D eigenvalue weighted by molar-refractivity contribution is 5.84. The third-order valence-corrected chi connectivity index (χ3v) is 2.25. The summed E-state index contributed by atoms with van der Waals surface area (Å²) in [5, 5.41) is 22.8. The summed E-state index contributed by atoms with van der Waals surface area (Å²) < 4.78 is 5.45. The van der Waals surface area contributed by atoms with Gasteiger partial charge in [0.1, 0.15) is 11.9 Å². The zero-order valence-corrected chi connectivity index (χ0v) is 8.43. The first-order valence-corrected chi connectivity index (χ1v) is 4.84. The molecule has 2 rings (SSSR count). The molecule has 1 amide bonds. The van der Waals surface area contributed by atoms with Crippen LogP contribution in [0.3, 0.4) is 0 Å². The van der Waals surface area contributed by atoms with Gasteiger partial charge < -0.3 is 20.3 Å². The first-order valence-electron chi connectivity index (χ1n) is 4.84. The lowest BCUT2D eigenvalue weighted by Gasteiger charge is -2.26. The summed E-state index contributed by atoms with van der Waals surface area (Å²) in [6.07, 6.45) is -1.37. The van der Waals surface area contributed by atoms with Gasteiger partial charge in [0, 0.05) is 5.69 Å². The number of nitrogens with one attached hydrogen (secondary N) is 2. The molecule has 86 valence electrons. The van der Waals surface area contributed by atoms with Crippen LogP contribution in [0.2, 0.25) is 0 Å². The molecule has 0 fully saturated rings. The van der Waals surface area contributed by atoms with E-state index in [2.05, 4.69) is 10.6 Å². The fourth-order valence-electron chi connectivity index (χ4n) is 1.52. The minimum absolute atomic E-state index is 0.0540. The maximum atomic E-state index is 10.4. The number of benzene rings is 1. The molecule has 0 bridgehead atoms. The summed E-state index contributed by atoms with van der Waals surface area (Å²) in [7, 11) is 0. The molecular formula is C10H12N2O4. The molecule has 1 unspecified atom stereocenters. The molecule has 1 aliphatic heterocycles. The van der Waals surface area contributed by atoms with Crippen molar-refractivity contribution in [3.05, 3.63) is 18.2 Å². The van der Waals surface area contributed by atoms with E-state index in [1.54, 1.807) is 18.2 Å². The number of aliphatic hydroxyl groups is 1. The van der Waals surface area contributed by atoms with Gasteiger partial charge in [0.05, 0.1) is 18.8 Å². The van der Waals surface area contributed by atoms with Gasteiger partial charge in [0.15, 0.2) is 0 Å². The SMILES string of the molecule is O=C(O)Nc1ccc2c(c1)NCC(CO)O2. The Kier molecular flexibility index (Phi) is 2.82. The molecule has 1 aliphatic rings. The molecule has 0 saturated carbocycles. The van der Waals surface area contributed by atoms with E-state index in [9.17, 15) is 4.79 Å². The fourth-order valence-corrected chi connectivity index (χ4v) is 1.52. The summed E-state index contributed by atoms with van der Waals surface area (Å²) in [5.41, 5.74) is 1.20. The number of anilines is 2. The van der Waals surface area contributed by atoms with Crippen LogP contribution in [0.25, 0.3) is 0 Å². The standard InChI is InChI=1S/C10H12N2O4/c13-5-7-4-11-8-3-6(12-10(14)15)1-2-9(8)16-7/h1-3,7,11-13H,4-5H2,(H,14,15). The van der Waals surface area contributed by atoms with E-state index in [-0.39, 0.29) is 12.7 Å². The van der Waals surface area contributed by atoms with Crippen LogP contribution < -0.4 is 15.4 Å². The number of hydrogen-bond acceptors (Lipinski definition) is 4. The number of aliphatic hydroxyl groups excluding tert-OH is 1. The van der Waals surface area contributed by atoms with Crippen molar-refractivity contribution in [1.29, 1.82) is 0 Å². The van der Waals surface area contributed by atoms with Crippen LogP contribution in [0.1, 0.15) is 0 Å². The van der Waals surface area contributed by atoms with Crippen LogP contribution in [0.5, 0.6) is 5.75 Å². The summed E-state index contributed by atoms with van der Waals surface area (Å²) in [6.45, 7) is 0.446. The normalized spacial score (nSPS) is 17.9. The highest BCUT2D eigenvalue weighted by Crippen LogP contribution is 2.31. The van der Waals surface area contributed by atoms with E-state index < -0.39 is 6.09 Å². The summed E-state index contributed by atoms with van der Waals surface area (Å²) >= 11 is 0. The predicted octanol–water partition coefficient (Wildman–Crippen LogP) is 0.942. The second-order valence-electron chi connectivity index (χ2n) is 3.44. The number of hydrogen-bond donors (Lipinski definition) is 4. The third-order valence-electron chi connectivity index (χ3n) is 2.25. The third kappa shape index (κ3) is 2.17. The van der Waals surface area contributed by atoms with Crippen molar-refractivity contribution in [2.75, 3.05) is 23.8 Å². The average Bonchev–Trinajstić information content (AvgIpc) is 2.27. The van der Waals surface area contributed by atoms with Gasteiger partial charge in [-0.1, -0.05) is 0 Å². The zero-order chi connectivity index (χ0) is 11.5. The van der Waals surface area contributed by atoms with E-state index in [0.717, 1.165) is 5.69 Å². The highest BCUT2D eigenvalue weighted by atomic mass is 16.5. The van der Waals surface area contributed by atoms with E-state index in [0.29, 0.717) is 18.0 Å². The molecular weight excluding hydrogens is 212 g/mol. The van der Waals surface area contributed by atoms with E-state index in [4.69, 9.17) is 14.9 Å². The number of fused-ring (bicyclic) bond motifs is 1. The van der Waals surface area contributed by atoms with Crippen molar-refractivity contribution in [1.82, 2.24) is 0 Å². The topological polar surface area (TPSA) is 90.8 Å². The summed E-state index contributed by atoms with van der Waals surface area (Å²) in [6, 6.07) is 4.92. The van der Waals surface area contributed by atoms with Crippen molar-refractivity contribution >= 4 is 17.5 Å². The van der Waals surface area contributed by atoms with Gasteiger partial charge in [-0.3, -0.25) is 5.32 Å². The molecule has 1 atom stereocenters. The summed E-state index contributed by atoms with van der Waals surface area (Å²) in [5.74, 6) is 0.612. The van der Waals surface area contributed by atoms with Gasteiger partial charge in [-0.2, -0.15) is 0 Å². The van der Waals surface area contributed by atoms with Gasteiger partial charge in [-0.05, 0) is 18.2 Å². The second-order valence-corrected chi connectivity index (χ2v) is 3.44. The van der Waals surface area contributed by atoms with Crippen LogP contribution in [0.4, 0.5) is 16.2 Å². The minimum atomic E-state index is -1.11. The monoisotopic (exact) mass is 224 g/mol. The van der Waals surface area contributed by atoms with Gasteiger partial charge in [-0.25, -0.2) is 4.79 Å². The molecule has 0 radical (unpaired) electrons. The summed E-state index contributed by atoms with van der Waals surface area (Å²) in [4.78, 5) is 10.4. The Morgan fingerprint density at radius 2 is 2.44 bits per heavy atom. The quantitative estimate of drug-likeness (QED) is 0.600. The van der Waals surface area contributed by atoms with Crippen LogP contribution in [-0.4, -0.2) is 35.6 Å². The Labute approximate surface area is 91.8 Å². The molecule has 0 aromatic heterocycles.